The van der Waals surface area contributed by atoms with Crippen molar-refractivity contribution in [3.8, 4) is 0 Å². The summed E-state index contributed by atoms with van der Waals surface area (Å²) in [6, 6.07) is 0. The van der Waals surface area contributed by atoms with Crippen molar-refractivity contribution in [2.45, 2.75) is 9.65 Å². The second-order valence-electron chi connectivity index (χ2n) is 1.44. The van der Waals surface area contributed by atoms with Crippen molar-refractivity contribution in [1.29, 1.82) is 0 Å². The number of hydrogen-bond donors (Lipinski definition) is 2. The summed E-state index contributed by atoms with van der Waals surface area (Å²) in [5.41, 5.74) is 0. The molecule has 0 aliphatic heterocycles. The molecule has 0 radical (unpaired) electrons. The molecule has 3 nitrogen and oxygen atoms in total. The van der Waals surface area contributed by atoms with Gasteiger partial charge in [0.05, 0.1) is 11.4 Å². The average molecular weight is 262 g/mol. The molecule has 9 heavy (non-hydrogen) atoms. The number of rotatable bonds is 3. The van der Waals surface area contributed by atoms with Crippen molar-refractivity contribution in [1.82, 2.24) is 0 Å². The number of halogens is 2. The van der Waals surface area contributed by atoms with Crippen LogP contribution in [0.15, 0.2) is 0 Å². The van der Waals surface area contributed by atoms with Gasteiger partial charge in [0.25, 0.3) is 0 Å². The number of aliphatic hydroxyl groups is 1. The van der Waals surface area contributed by atoms with Gasteiger partial charge >= 0.3 is 5.97 Å². The van der Waals surface area contributed by atoms with Crippen molar-refractivity contribution in [3.63, 3.8) is 0 Å². The fraction of sp³-hybridized carbons (Fsp3) is 0.750. The average Bonchev–Trinajstić information content (AvgIpc) is 1.84. The first-order chi connectivity index (χ1) is 4.09. The topological polar surface area (TPSA) is 57.5 Å². The summed E-state index contributed by atoms with van der Waals surface area (Å²) in [6.07, 6.45) is 0. The summed E-state index contributed by atoms with van der Waals surface area (Å²) in [4.78, 5) is 8.97. The maximum atomic E-state index is 10.1. The molecule has 0 fully saturated rings. The summed E-state index contributed by atoms with van der Waals surface area (Å²) < 4.78 is 0. The van der Waals surface area contributed by atoms with Gasteiger partial charge in [0.15, 0.2) is 0 Å². The maximum Gasteiger partial charge on any atom is 0.318 e. The van der Waals surface area contributed by atoms with Crippen molar-refractivity contribution in [2.24, 2.45) is 0 Å². The molecule has 5 heteroatoms. The zero-order valence-electron chi connectivity index (χ0n) is 4.42. The molecule has 0 heterocycles. The standard InChI is InChI=1S/C4H6Br2O3/c5-2(1-7)3(6)4(8)9/h2-3,7H,1H2,(H,8,9)/t2-,3+/m1/s1. The molecule has 54 valence electrons. The smallest absolute Gasteiger partial charge is 0.318 e. The molecule has 0 amide bonds. The SMILES string of the molecule is O=C(O)[C@@H](Br)[C@H](Br)CO. The summed E-state index contributed by atoms with van der Waals surface area (Å²) in [7, 11) is 0. The lowest BCUT2D eigenvalue weighted by Crippen LogP contribution is -2.26. The quantitative estimate of drug-likeness (QED) is 0.732. The fourth-order valence-corrected chi connectivity index (χ4v) is 0.641. The molecule has 0 unspecified atom stereocenters. The van der Waals surface area contributed by atoms with Crippen molar-refractivity contribution >= 4 is 37.8 Å². The Bertz CT molecular complexity index is 106. The van der Waals surface area contributed by atoms with E-state index in [9.17, 15) is 4.79 Å². The highest BCUT2D eigenvalue weighted by atomic mass is 79.9. The molecule has 0 saturated carbocycles. The van der Waals surface area contributed by atoms with E-state index in [-0.39, 0.29) is 6.61 Å². The van der Waals surface area contributed by atoms with Crippen LogP contribution in [0.1, 0.15) is 0 Å². The first-order valence-electron chi connectivity index (χ1n) is 2.21. The minimum Gasteiger partial charge on any atom is -0.480 e. The Balaban J connectivity index is 3.72. The number of carboxylic acids is 1. The minimum atomic E-state index is -0.981. The highest BCUT2D eigenvalue weighted by Crippen LogP contribution is 2.13. The van der Waals surface area contributed by atoms with Gasteiger partial charge in [0.1, 0.15) is 4.83 Å². The zero-order chi connectivity index (χ0) is 7.44. The predicted molar refractivity (Wildman–Crippen MR) is 40.2 cm³/mol. The second-order valence-corrected chi connectivity index (χ2v) is 3.60. The molecular formula is C4H6Br2O3. The van der Waals surface area contributed by atoms with Gasteiger partial charge in [0, 0.05) is 0 Å². The molecule has 0 saturated heterocycles. The molecular weight excluding hydrogens is 256 g/mol. The van der Waals surface area contributed by atoms with Gasteiger partial charge < -0.3 is 10.2 Å². The highest BCUT2D eigenvalue weighted by molar-refractivity contribution is 9.12. The van der Waals surface area contributed by atoms with Crippen molar-refractivity contribution in [2.75, 3.05) is 6.61 Å². The van der Waals surface area contributed by atoms with Crippen molar-refractivity contribution < 1.29 is 15.0 Å². The molecule has 0 spiro atoms. The molecule has 2 N–H and O–H groups in total. The lowest BCUT2D eigenvalue weighted by molar-refractivity contribution is -0.136. The van der Waals surface area contributed by atoms with Gasteiger partial charge in [-0.25, -0.2) is 0 Å². The van der Waals surface area contributed by atoms with E-state index in [1.165, 1.54) is 0 Å². The molecule has 0 bridgehead atoms. The van der Waals surface area contributed by atoms with Crippen LogP contribution in [0.3, 0.4) is 0 Å². The number of carboxylic acid groups (broad SMARTS) is 1. The van der Waals surface area contributed by atoms with Crippen LogP contribution in [0.5, 0.6) is 0 Å². The largest absolute Gasteiger partial charge is 0.480 e. The monoisotopic (exact) mass is 260 g/mol. The zero-order valence-corrected chi connectivity index (χ0v) is 7.59. The Morgan fingerprint density at radius 2 is 2.00 bits per heavy atom. The normalized spacial score (nSPS) is 16.8. The van der Waals surface area contributed by atoms with E-state index >= 15 is 0 Å². The van der Waals surface area contributed by atoms with Crippen LogP contribution in [-0.2, 0) is 4.79 Å². The maximum absolute atomic E-state index is 10.1. The highest BCUT2D eigenvalue weighted by Gasteiger charge is 2.21. The molecule has 2 atom stereocenters. The van der Waals surface area contributed by atoms with Gasteiger partial charge in [-0.2, -0.15) is 0 Å². The van der Waals surface area contributed by atoms with Gasteiger partial charge in [-0.05, 0) is 0 Å². The molecule has 0 aromatic heterocycles. The summed E-state index contributed by atoms with van der Waals surface area (Å²) in [6.45, 7) is -0.192. The van der Waals surface area contributed by atoms with Gasteiger partial charge in [-0.1, -0.05) is 31.9 Å². The van der Waals surface area contributed by atoms with Crippen LogP contribution >= 0.6 is 31.9 Å². The number of aliphatic carboxylic acids is 1. The van der Waals surface area contributed by atoms with Crippen LogP contribution < -0.4 is 0 Å². The van der Waals surface area contributed by atoms with Gasteiger partial charge in [-0.3, -0.25) is 4.79 Å². The van der Waals surface area contributed by atoms with E-state index in [2.05, 4.69) is 31.9 Å². The van der Waals surface area contributed by atoms with Crippen molar-refractivity contribution in [3.05, 3.63) is 0 Å². The van der Waals surface area contributed by atoms with Crippen LogP contribution in [0, 0.1) is 0 Å². The van der Waals surface area contributed by atoms with Crippen LogP contribution in [-0.4, -0.2) is 32.4 Å². The van der Waals surface area contributed by atoms with E-state index in [1.54, 1.807) is 0 Å². The Kier molecular flexibility index (Phi) is 4.43. The third-order valence-corrected chi connectivity index (χ3v) is 3.29. The Hall–Kier alpha value is 0.390. The number of alkyl halides is 2. The van der Waals surface area contributed by atoms with Crippen LogP contribution in [0.4, 0.5) is 0 Å². The van der Waals surface area contributed by atoms with Crippen LogP contribution in [0.25, 0.3) is 0 Å². The van der Waals surface area contributed by atoms with E-state index in [0.29, 0.717) is 0 Å². The van der Waals surface area contributed by atoms with E-state index < -0.39 is 15.6 Å². The summed E-state index contributed by atoms with van der Waals surface area (Å²) in [5, 5.41) is 16.7. The van der Waals surface area contributed by atoms with E-state index in [4.69, 9.17) is 10.2 Å². The first kappa shape index (κ1) is 9.39. The molecule has 0 aliphatic rings. The fourth-order valence-electron chi connectivity index (χ4n) is 0.247. The third kappa shape index (κ3) is 3.17. The Morgan fingerprint density at radius 3 is 2.11 bits per heavy atom. The molecule has 0 aliphatic carbocycles. The van der Waals surface area contributed by atoms with Gasteiger partial charge in [-0.15, -0.1) is 0 Å². The summed E-state index contributed by atoms with van der Waals surface area (Å²) in [5.74, 6) is -0.981. The Morgan fingerprint density at radius 1 is 1.56 bits per heavy atom. The molecule has 0 aromatic carbocycles. The first-order valence-corrected chi connectivity index (χ1v) is 4.04. The summed E-state index contributed by atoms with van der Waals surface area (Å²) >= 11 is 5.83. The van der Waals surface area contributed by atoms with Gasteiger partial charge in [0.2, 0.25) is 0 Å². The Labute approximate surface area is 69.3 Å². The van der Waals surface area contributed by atoms with Crippen LogP contribution in [0.2, 0.25) is 0 Å². The third-order valence-electron chi connectivity index (χ3n) is 0.728. The number of aliphatic hydroxyl groups excluding tert-OH is 1. The predicted octanol–water partition coefficient (Wildman–Crippen LogP) is 0.590. The van der Waals surface area contributed by atoms with E-state index in [1.807, 2.05) is 0 Å². The molecule has 0 aromatic rings. The minimum absolute atomic E-state index is 0.192. The van der Waals surface area contributed by atoms with E-state index in [0.717, 1.165) is 0 Å². The lowest BCUT2D eigenvalue weighted by Gasteiger charge is -2.07. The molecule has 0 rings (SSSR count). The number of carbonyl (C=O) groups is 1. The second kappa shape index (κ2) is 4.24. The number of hydrogen-bond acceptors (Lipinski definition) is 2. The lowest BCUT2D eigenvalue weighted by atomic mass is 10.3.